The Labute approximate surface area is 113 Å². The smallest absolute Gasteiger partial charge is 0.0437 e. The van der Waals surface area contributed by atoms with Crippen molar-refractivity contribution >= 4 is 28.9 Å². The molecule has 2 N–H and O–H groups in total. The van der Waals surface area contributed by atoms with Crippen LogP contribution in [-0.4, -0.2) is 24.1 Å². The van der Waals surface area contributed by atoms with Gasteiger partial charge >= 0.3 is 0 Å². The van der Waals surface area contributed by atoms with Gasteiger partial charge in [-0.3, -0.25) is 4.98 Å². The van der Waals surface area contributed by atoms with E-state index in [0.29, 0.717) is 6.04 Å². The second kappa shape index (κ2) is 6.03. The molecule has 4 heteroatoms. The summed E-state index contributed by atoms with van der Waals surface area (Å²) in [4.78, 5) is 4.21. The van der Waals surface area contributed by atoms with Crippen molar-refractivity contribution in [3.8, 4) is 0 Å². The van der Waals surface area contributed by atoms with Gasteiger partial charge in [-0.2, -0.15) is 0 Å². The molecule has 0 bridgehead atoms. The van der Waals surface area contributed by atoms with E-state index in [1.54, 1.807) is 0 Å². The maximum atomic E-state index is 4.21. The van der Waals surface area contributed by atoms with E-state index in [4.69, 9.17) is 0 Å². The number of halogens is 1. The van der Waals surface area contributed by atoms with Gasteiger partial charge in [0.15, 0.2) is 0 Å². The molecular formula is C14H18ClN3. The van der Waals surface area contributed by atoms with E-state index in [-0.39, 0.29) is 12.4 Å². The Balaban J connectivity index is 0.00000120. The summed E-state index contributed by atoms with van der Waals surface area (Å²) in [5.74, 6) is 0. The van der Waals surface area contributed by atoms with Gasteiger partial charge in [0.05, 0.1) is 0 Å². The highest BCUT2D eigenvalue weighted by atomic mass is 35.5. The lowest BCUT2D eigenvalue weighted by molar-refractivity contribution is 0.479. The van der Waals surface area contributed by atoms with E-state index >= 15 is 0 Å². The number of piperidine rings is 1. The summed E-state index contributed by atoms with van der Waals surface area (Å²) in [6.45, 7) is 2.22. The molecule has 3 rings (SSSR count). The van der Waals surface area contributed by atoms with Gasteiger partial charge in [-0.1, -0.05) is 12.1 Å². The van der Waals surface area contributed by atoms with E-state index in [1.807, 2.05) is 12.4 Å². The van der Waals surface area contributed by atoms with Crippen LogP contribution in [0.25, 0.3) is 10.8 Å². The molecule has 1 aromatic carbocycles. The first kappa shape index (κ1) is 13.1. The first-order chi connectivity index (χ1) is 8.43. The molecule has 1 fully saturated rings. The molecule has 0 radical (unpaired) electrons. The zero-order valence-corrected chi connectivity index (χ0v) is 11.0. The van der Waals surface area contributed by atoms with Crippen LogP contribution in [0.15, 0.2) is 36.7 Å². The summed E-state index contributed by atoms with van der Waals surface area (Å²) in [6, 6.07) is 9.02. The predicted molar refractivity (Wildman–Crippen MR) is 78.5 cm³/mol. The van der Waals surface area contributed by atoms with Crippen molar-refractivity contribution < 1.29 is 0 Å². The summed E-state index contributed by atoms with van der Waals surface area (Å²) < 4.78 is 0. The molecule has 1 aromatic heterocycles. The Morgan fingerprint density at radius 2 is 2.00 bits per heavy atom. The van der Waals surface area contributed by atoms with Crippen molar-refractivity contribution in [1.29, 1.82) is 0 Å². The number of nitrogens with zero attached hydrogens (tertiary/aromatic N) is 1. The van der Waals surface area contributed by atoms with Crippen molar-refractivity contribution in [2.24, 2.45) is 0 Å². The first-order valence-electron chi connectivity index (χ1n) is 6.23. The van der Waals surface area contributed by atoms with Crippen LogP contribution >= 0.6 is 12.4 Å². The highest BCUT2D eigenvalue weighted by Crippen LogP contribution is 2.23. The lowest BCUT2D eigenvalue weighted by Gasteiger charge is -2.25. The number of fused-ring (bicyclic) bond motifs is 1. The fraction of sp³-hybridized carbons (Fsp3) is 0.357. The first-order valence-corrected chi connectivity index (χ1v) is 6.23. The Hall–Kier alpha value is -1.32. The van der Waals surface area contributed by atoms with Crippen LogP contribution < -0.4 is 10.6 Å². The topological polar surface area (TPSA) is 37.0 Å². The molecule has 1 aliphatic rings. The van der Waals surface area contributed by atoms with Gasteiger partial charge in [0.1, 0.15) is 0 Å². The van der Waals surface area contributed by atoms with Crippen molar-refractivity contribution in [2.75, 3.05) is 18.4 Å². The maximum absolute atomic E-state index is 4.21. The zero-order chi connectivity index (χ0) is 11.5. The molecule has 3 nitrogen and oxygen atoms in total. The molecule has 0 spiro atoms. The van der Waals surface area contributed by atoms with E-state index in [2.05, 4.69) is 39.9 Å². The van der Waals surface area contributed by atoms with Crippen LogP contribution in [0.1, 0.15) is 12.8 Å². The third-order valence-corrected chi connectivity index (χ3v) is 3.38. The SMILES string of the molecule is Cl.c1cc(NC2CCNCC2)c2cnccc2c1. The van der Waals surface area contributed by atoms with Crippen LogP contribution in [0.5, 0.6) is 0 Å². The third-order valence-electron chi connectivity index (χ3n) is 3.38. The van der Waals surface area contributed by atoms with Gasteiger partial charge in [0.25, 0.3) is 0 Å². The van der Waals surface area contributed by atoms with Gasteiger partial charge in [-0.05, 0) is 43.5 Å². The predicted octanol–water partition coefficient (Wildman–Crippen LogP) is 2.82. The molecule has 2 aromatic rings. The lowest BCUT2D eigenvalue weighted by atomic mass is 10.1. The minimum Gasteiger partial charge on any atom is -0.382 e. The number of aromatic nitrogens is 1. The number of benzene rings is 1. The number of anilines is 1. The third kappa shape index (κ3) is 2.74. The molecular weight excluding hydrogens is 246 g/mol. The Kier molecular flexibility index (Phi) is 4.39. The van der Waals surface area contributed by atoms with Gasteiger partial charge in [0.2, 0.25) is 0 Å². The molecule has 0 atom stereocenters. The average molecular weight is 264 g/mol. The molecule has 0 amide bonds. The fourth-order valence-electron chi connectivity index (χ4n) is 2.43. The van der Waals surface area contributed by atoms with Crippen molar-refractivity contribution in [1.82, 2.24) is 10.3 Å². The maximum Gasteiger partial charge on any atom is 0.0437 e. The van der Waals surface area contributed by atoms with E-state index < -0.39 is 0 Å². The minimum absolute atomic E-state index is 0. The molecule has 1 aliphatic heterocycles. The molecule has 2 heterocycles. The summed E-state index contributed by atoms with van der Waals surface area (Å²) in [5, 5.41) is 9.49. The summed E-state index contributed by atoms with van der Waals surface area (Å²) >= 11 is 0. The number of rotatable bonds is 2. The van der Waals surface area contributed by atoms with Gasteiger partial charge in [-0.15, -0.1) is 12.4 Å². The standard InChI is InChI=1S/C14H17N3.ClH/c1-2-11-4-7-16-10-13(11)14(3-1)17-12-5-8-15-9-6-12;/h1-4,7,10,12,15,17H,5-6,8-9H2;1H. The monoisotopic (exact) mass is 263 g/mol. The van der Waals surface area contributed by atoms with Gasteiger partial charge < -0.3 is 10.6 Å². The molecule has 0 unspecified atom stereocenters. The highest BCUT2D eigenvalue weighted by Gasteiger charge is 2.13. The number of pyridine rings is 1. The minimum atomic E-state index is 0. The quantitative estimate of drug-likeness (QED) is 0.875. The van der Waals surface area contributed by atoms with Crippen LogP contribution in [0, 0.1) is 0 Å². The molecule has 0 saturated carbocycles. The van der Waals surface area contributed by atoms with E-state index in [1.165, 1.54) is 29.3 Å². The Morgan fingerprint density at radius 3 is 2.83 bits per heavy atom. The number of nitrogens with one attached hydrogen (secondary N) is 2. The summed E-state index contributed by atoms with van der Waals surface area (Å²) in [5.41, 5.74) is 1.21. The molecule has 96 valence electrons. The van der Waals surface area contributed by atoms with Crippen molar-refractivity contribution in [3.05, 3.63) is 36.7 Å². The zero-order valence-electron chi connectivity index (χ0n) is 10.2. The number of hydrogen-bond donors (Lipinski definition) is 2. The normalized spacial score (nSPS) is 16.2. The van der Waals surface area contributed by atoms with Crippen molar-refractivity contribution in [3.63, 3.8) is 0 Å². The fourth-order valence-corrected chi connectivity index (χ4v) is 2.43. The summed E-state index contributed by atoms with van der Waals surface area (Å²) in [6.07, 6.45) is 6.17. The largest absolute Gasteiger partial charge is 0.382 e. The van der Waals surface area contributed by atoms with Crippen LogP contribution in [-0.2, 0) is 0 Å². The van der Waals surface area contributed by atoms with Gasteiger partial charge in [0, 0.05) is 29.5 Å². The number of hydrogen-bond acceptors (Lipinski definition) is 3. The Morgan fingerprint density at radius 1 is 1.17 bits per heavy atom. The van der Waals surface area contributed by atoms with Gasteiger partial charge in [-0.25, -0.2) is 0 Å². The van der Waals surface area contributed by atoms with Crippen LogP contribution in [0.4, 0.5) is 5.69 Å². The van der Waals surface area contributed by atoms with Crippen LogP contribution in [0.3, 0.4) is 0 Å². The molecule has 1 saturated heterocycles. The van der Waals surface area contributed by atoms with E-state index in [0.717, 1.165) is 13.1 Å². The summed E-state index contributed by atoms with van der Waals surface area (Å²) in [7, 11) is 0. The van der Waals surface area contributed by atoms with Crippen LogP contribution in [0.2, 0.25) is 0 Å². The second-order valence-electron chi connectivity index (χ2n) is 4.57. The van der Waals surface area contributed by atoms with Crippen molar-refractivity contribution in [2.45, 2.75) is 18.9 Å². The van der Waals surface area contributed by atoms with E-state index in [9.17, 15) is 0 Å². The lowest BCUT2D eigenvalue weighted by Crippen LogP contribution is -2.35. The molecule has 18 heavy (non-hydrogen) atoms. The highest BCUT2D eigenvalue weighted by molar-refractivity contribution is 5.93. The average Bonchev–Trinajstić information content (AvgIpc) is 2.40. The Bertz CT molecular complexity index is 504. The second-order valence-corrected chi connectivity index (χ2v) is 4.57. The molecule has 0 aliphatic carbocycles.